The van der Waals surface area contributed by atoms with E-state index in [9.17, 15) is 0 Å². The van der Waals surface area contributed by atoms with Crippen LogP contribution in [0.3, 0.4) is 0 Å². The number of thiophene rings is 1. The molecule has 0 amide bonds. The van der Waals surface area contributed by atoms with Gasteiger partial charge in [0.25, 0.3) is 0 Å². The molecule has 0 saturated carbocycles. The average molecular weight is 385 g/mol. The van der Waals surface area contributed by atoms with Crippen LogP contribution in [0, 0.1) is 0 Å². The molecule has 2 aromatic heterocycles. The summed E-state index contributed by atoms with van der Waals surface area (Å²) in [6, 6.07) is 11.9. The number of benzene rings is 1. The first kappa shape index (κ1) is 18.2. The molecule has 3 heterocycles. The molecule has 0 radical (unpaired) electrons. The van der Waals surface area contributed by atoms with Gasteiger partial charge in [0.05, 0.1) is 19.8 Å². The van der Waals surface area contributed by atoms with Gasteiger partial charge in [-0.25, -0.2) is 0 Å². The van der Waals surface area contributed by atoms with E-state index >= 15 is 0 Å². The molecule has 1 saturated heterocycles. The first-order chi connectivity index (χ1) is 13.3. The Hall–Kier alpha value is -2.22. The SMILES string of the molecule is COc1ccc(-c2nnc(CN(Cc3cccs3)CC3CCCO3)o2)cc1. The Morgan fingerprint density at radius 2 is 2.07 bits per heavy atom. The monoisotopic (exact) mass is 385 g/mol. The molecular weight excluding hydrogens is 362 g/mol. The fourth-order valence-corrected chi connectivity index (χ4v) is 3.99. The molecule has 27 heavy (non-hydrogen) atoms. The minimum absolute atomic E-state index is 0.286. The Labute approximate surface area is 162 Å². The Morgan fingerprint density at radius 3 is 2.78 bits per heavy atom. The van der Waals surface area contributed by atoms with E-state index in [-0.39, 0.29) is 6.10 Å². The summed E-state index contributed by atoms with van der Waals surface area (Å²) in [5, 5.41) is 10.6. The molecule has 3 aromatic rings. The highest BCUT2D eigenvalue weighted by molar-refractivity contribution is 7.09. The third-order valence-corrected chi connectivity index (χ3v) is 5.47. The number of hydrogen-bond acceptors (Lipinski definition) is 7. The second-order valence-electron chi connectivity index (χ2n) is 6.61. The second-order valence-corrected chi connectivity index (χ2v) is 7.65. The van der Waals surface area contributed by atoms with Crippen molar-refractivity contribution in [3.05, 3.63) is 52.5 Å². The van der Waals surface area contributed by atoms with Crippen molar-refractivity contribution in [2.75, 3.05) is 20.3 Å². The van der Waals surface area contributed by atoms with Crippen LogP contribution in [0.5, 0.6) is 5.75 Å². The molecule has 1 aliphatic heterocycles. The zero-order valence-corrected chi connectivity index (χ0v) is 16.2. The van der Waals surface area contributed by atoms with E-state index in [1.807, 2.05) is 24.3 Å². The molecule has 1 aromatic carbocycles. The van der Waals surface area contributed by atoms with Crippen LogP contribution in [0.25, 0.3) is 11.5 Å². The predicted octanol–water partition coefficient (Wildman–Crippen LogP) is 3.99. The van der Waals surface area contributed by atoms with E-state index < -0.39 is 0 Å². The number of ether oxygens (including phenoxy) is 2. The molecular formula is C20H23N3O3S. The summed E-state index contributed by atoms with van der Waals surface area (Å²) >= 11 is 1.76. The highest BCUT2D eigenvalue weighted by Gasteiger charge is 2.21. The standard InChI is InChI=1S/C20H23N3O3S/c1-24-16-8-6-15(7-9-16)20-22-21-19(26-20)14-23(12-17-4-2-10-25-17)13-18-5-3-11-27-18/h3,5-9,11,17H,2,4,10,12-14H2,1H3. The lowest BCUT2D eigenvalue weighted by atomic mass is 10.2. The first-order valence-corrected chi connectivity index (χ1v) is 10.0. The van der Waals surface area contributed by atoms with Crippen molar-refractivity contribution < 1.29 is 13.9 Å². The second kappa shape index (κ2) is 8.65. The predicted molar refractivity (Wildman–Crippen MR) is 104 cm³/mol. The van der Waals surface area contributed by atoms with E-state index in [0.717, 1.165) is 43.9 Å². The molecule has 4 rings (SSSR count). The molecule has 142 valence electrons. The van der Waals surface area contributed by atoms with Crippen LogP contribution >= 0.6 is 11.3 Å². The number of methoxy groups -OCH3 is 1. The highest BCUT2D eigenvalue weighted by atomic mass is 32.1. The van der Waals surface area contributed by atoms with Crippen molar-refractivity contribution in [3.8, 4) is 17.2 Å². The lowest BCUT2D eigenvalue weighted by Crippen LogP contribution is -2.31. The molecule has 0 bridgehead atoms. The van der Waals surface area contributed by atoms with Crippen LogP contribution in [0.15, 0.2) is 46.2 Å². The minimum Gasteiger partial charge on any atom is -0.497 e. The van der Waals surface area contributed by atoms with Crippen molar-refractivity contribution in [2.24, 2.45) is 0 Å². The third-order valence-electron chi connectivity index (χ3n) is 4.61. The van der Waals surface area contributed by atoms with Gasteiger partial charge in [0.2, 0.25) is 11.8 Å². The van der Waals surface area contributed by atoms with Gasteiger partial charge >= 0.3 is 0 Å². The van der Waals surface area contributed by atoms with Gasteiger partial charge in [0.15, 0.2) is 0 Å². The highest BCUT2D eigenvalue weighted by Crippen LogP contribution is 2.23. The van der Waals surface area contributed by atoms with Gasteiger partial charge in [-0.15, -0.1) is 21.5 Å². The zero-order chi connectivity index (χ0) is 18.5. The van der Waals surface area contributed by atoms with E-state index in [4.69, 9.17) is 13.9 Å². The summed E-state index contributed by atoms with van der Waals surface area (Å²) in [5.41, 5.74) is 0.887. The van der Waals surface area contributed by atoms with Crippen molar-refractivity contribution in [2.45, 2.75) is 32.0 Å². The smallest absolute Gasteiger partial charge is 0.247 e. The van der Waals surface area contributed by atoms with Gasteiger partial charge in [-0.3, -0.25) is 4.90 Å². The summed E-state index contributed by atoms with van der Waals surface area (Å²) in [5.74, 6) is 1.95. The largest absolute Gasteiger partial charge is 0.497 e. The van der Waals surface area contributed by atoms with Crippen LogP contribution in [0.1, 0.15) is 23.6 Å². The first-order valence-electron chi connectivity index (χ1n) is 9.13. The Morgan fingerprint density at radius 1 is 1.19 bits per heavy atom. The van der Waals surface area contributed by atoms with Crippen molar-refractivity contribution in [3.63, 3.8) is 0 Å². The number of nitrogens with zero attached hydrogens (tertiary/aromatic N) is 3. The summed E-state index contributed by atoms with van der Waals surface area (Å²) < 4.78 is 16.9. The average Bonchev–Trinajstić information content (AvgIpc) is 3.45. The van der Waals surface area contributed by atoms with Crippen LogP contribution in [-0.2, 0) is 17.8 Å². The maximum Gasteiger partial charge on any atom is 0.247 e. The lowest BCUT2D eigenvalue weighted by molar-refractivity contribution is 0.0653. The van der Waals surface area contributed by atoms with Gasteiger partial charge in [-0.05, 0) is 48.6 Å². The van der Waals surface area contributed by atoms with Crippen molar-refractivity contribution in [1.82, 2.24) is 15.1 Å². The van der Waals surface area contributed by atoms with E-state index in [0.29, 0.717) is 18.3 Å². The molecule has 6 nitrogen and oxygen atoms in total. The molecule has 0 aliphatic carbocycles. The minimum atomic E-state index is 0.286. The fraction of sp³-hybridized carbons (Fsp3) is 0.400. The number of rotatable bonds is 8. The lowest BCUT2D eigenvalue weighted by Gasteiger charge is -2.23. The topological polar surface area (TPSA) is 60.6 Å². The normalized spacial score (nSPS) is 16.9. The third kappa shape index (κ3) is 4.74. The van der Waals surface area contributed by atoms with Gasteiger partial charge in [-0.2, -0.15) is 0 Å². The molecule has 1 atom stereocenters. The number of aromatic nitrogens is 2. The van der Waals surface area contributed by atoms with Crippen LogP contribution < -0.4 is 4.74 Å². The Balaban J connectivity index is 1.45. The fourth-order valence-electron chi connectivity index (χ4n) is 3.24. The molecule has 0 N–H and O–H groups in total. The summed E-state index contributed by atoms with van der Waals surface area (Å²) in [7, 11) is 1.65. The van der Waals surface area contributed by atoms with Crippen LogP contribution in [0.4, 0.5) is 0 Å². The van der Waals surface area contributed by atoms with E-state index in [1.54, 1.807) is 18.4 Å². The van der Waals surface area contributed by atoms with Gasteiger partial charge in [0.1, 0.15) is 5.75 Å². The van der Waals surface area contributed by atoms with Gasteiger partial charge in [-0.1, -0.05) is 6.07 Å². The van der Waals surface area contributed by atoms with Gasteiger partial charge in [0, 0.05) is 30.1 Å². The maximum atomic E-state index is 5.92. The maximum absolute atomic E-state index is 5.92. The Bertz CT molecular complexity index is 827. The molecule has 7 heteroatoms. The molecule has 0 spiro atoms. The van der Waals surface area contributed by atoms with Crippen molar-refractivity contribution in [1.29, 1.82) is 0 Å². The number of hydrogen-bond donors (Lipinski definition) is 0. The molecule has 1 aliphatic rings. The quantitative estimate of drug-likeness (QED) is 0.584. The molecule has 1 fully saturated rings. The zero-order valence-electron chi connectivity index (χ0n) is 15.3. The van der Waals surface area contributed by atoms with Crippen LogP contribution in [0.2, 0.25) is 0 Å². The molecule has 1 unspecified atom stereocenters. The summed E-state index contributed by atoms with van der Waals surface area (Å²) in [6.07, 6.45) is 2.54. The van der Waals surface area contributed by atoms with E-state index in [2.05, 4.69) is 32.6 Å². The van der Waals surface area contributed by atoms with Crippen molar-refractivity contribution >= 4 is 11.3 Å². The Kier molecular flexibility index (Phi) is 5.81. The summed E-state index contributed by atoms with van der Waals surface area (Å²) in [4.78, 5) is 3.65. The van der Waals surface area contributed by atoms with E-state index in [1.165, 1.54) is 4.88 Å². The van der Waals surface area contributed by atoms with Gasteiger partial charge < -0.3 is 13.9 Å². The summed E-state index contributed by atoms with van der Waals surface area (Å²) in [6.45, 7) is 3.20. The van der Waals surface area contributed by atoms with Crippen LogP contribution in [-0.4, -0.2) is 41.5 Å².